The van der Waals surface area contributed by atoms with Crippen LogP contribution in [0.1, 0.15) is 5.69 Å². The van der Waals surface area contributed by atoms with Crippen molar-refractivity contribution in [3.63, 3.8) is 0 Å². The average molecular weight is 282 g/mol. The fourth-order valence-corrected chi connectivity index (χ4v) is 1.99. The normalized spacial score (nSPS) is 17.2. The molecule has 20 heavy (non-hydrogen) atoms. The molecule has 0 saturated carbocycles. The van der Waals surface area contributed by atoms with Crippen LogP contribution in [0, 0.1) is 11.2 Å². The molecule has 0 aromatic carbocycles. The first-order chi connectivity index (χ1) is 9.55. The van der Waals surface area contributed by atoms with Gasteiger partial charge in [-0.15, -0.1) is 0 Å². The monoisotopic (exact) mass is 282 g/mol. The molecule has 2 rings (SSSR count). The number of hydrogen-bond donors (Lipinski definition) is 2. The Labute approximate surface area is 115 Å². The molecule has 1 aliphatic heterocycles. The highest BCUT2D eigenvalue weighted by Crippen LogP contribution is 2.24. The second-order valence-corrected chi connectivity index (χ2v) is 4.58. The van der Waals surface area contributed by atoms with E-state index in [9.17, 15) is 8.78 Å². The minimum Gasteiger partial charge on any atom is -0.485 e. The number of ether oxygens (including phenoxy) is 1. The smallest absolute Gasteiger partial charge is 0.183 e. The largest absolute Gasteiger partial charge is 0.485 e. The number of hydrogen-bond acceptors (Lipinski definition) is 5. The van der Waals surface area contributed by atoms with Crippen molar-refractivity contribution < 1.29 is 13.5 Å². The summed E-state index contributed by atoms with van der Waals surface area (Å²) in [6.07, 6.45) is 1.49. The average Bonchev–Trinajstić information content (AvgIpc) is 2.40. The van der Waals surface area contributed by atoms with E-state index in [2.05, 4.69) is 10.3 Å². The number of rotatable bonds is 5. The van der Waals surface area contributed by atoms with Crippen molar-refractivity contribution in [2.45, 2.75) is 6.10 Å². The topological polar surface area (TPSA) is 61.2 Å². The van der Waals surface area contributed by atoms with E-state index in [4.69, 9.17) is 10.1 Å². The zero-order valence-corrected chi connectivity index (χ0v) is 11.3. The van der Waals surface area contributed by atoms with E-state index in [0.29, 0.717) is 6.21 Å². The predicted octanol–water partition coefficient (Wildman–Crippen LogP) is 1.42. The van der Waals surface area contributed by atoms with Crippen molar-refractivity contribution in [3.8, 4) is 5.75 Å². The molecular formula is C13H16F2N4O. The van der Waals surface area contributed by atoms with Crippen LogP contribution >= 0.6 is 0 Å². The van der Waals surface area contributed by atoms with Crippen molar-refractivity contribution in [2.75, 3.05) is 27.2 Å². The predicted molar refractivity (Wildman–Crippen MR) is 72.0 cm³/mol. The van der Waals surface area contributed by atoms with Gasteiger partial charge >= 0.3 is 0 Å². The van der Waals surface area contributed by atoms with Gasteiger partial charge in [-0.3, -0.25) is 9.88 Å². The van der Waals surface area contributed by atoms with Crippen LogP contribution in [0.3, 0.4) is 0 Å². The van der Waals surface area contributed by atoms with Gasteiger partial charge < -0.3 is 15.5 Å². The zero-order chi connectivity index (χ0) is 14.7. The molecule has 7 heteroatoms. The first-order valence-corrected chi connectivity index (χ1v) is 6.14. The van der Waals surface area contributed by atoms with Crippen LogP contribution in [0.5, 0.6) is 5.75 Å². The van der Waals surface area contributed by atoms with Gasteiger partial charge in [-0.05, 0) is 7.05 Å². The van der Waals surface area contributed by atoms with E-state index in [1.165, 1.54) is 13.1 Å². The molecule has 0 atom stereocenters. The van der Waals surface area contributed by atoms with Crippen LogP contribution in [0.4, 0.5) is 8.78 Å². The molecule has 2 N–H and O–H groups in total. The summed E-state index contributed by atoms with van der Waals surface area (Å²) in [5.74, 6) is -1.33. The van der Waals surface area contributed by atoms with Crippen molar-refractivity contribution in [2.24, 2.45) is 0 Å². The van der Waals surface area contributed by atoms with Crippen LogP contribution in [0.2, 0.25) is 0 Å². The molecule has 1 aromatic rings. The van der Waals surface area contributed by atoms with Crippen LogP contribution < -0.4 is 10.1 Å². The SMILES string of the molecule is CN/C(=C(/F)C=N)c1cc(OC2CN(C)C2)c(F)cn1. The molecule has 1 fully saturated rings. The number of likely N-dealkylation sites (N-methyl/N-ethyl adjacent to an activating group) is 1. The van der Waals surface area contributed by atoms with E-state index in [1.807, 2.05) is 11.9 Å². The second kappa shape index (κ2) is 5.96. The van der Waals surface area contributed by atoms with E-state index in [1.54, 1.807) is 0 Å². The Hall–Kier alpha value is -2.02. The highest BCUT2D eigenvalue weighted by molar-refractivity contribution is 5.85. The first-order valence-electron chi connectivity index (χ1n) is 6.14. The van der Waals surface area contributed by atoms with Crippen molar-refractivity contribution in [1.29, 1.82) is 5.41 Å². The summed E-state index contributed by atoms with van der Waals surface area (Å²) in [5.41, 5.74) is 0.216. The molecule has 0 amide bonds. The van der Waals surface area contributed by atoms with Gasteiger partial charge in [0.25, 0.3) is 0 Å². The molecular weight excluding hydrogens is 266 g/mol. The third kappa shape index (κ3) is 2.93. The molecule has 5 nitrogen and oxygen atoms in total. The third-order valence-corrected chi connectivity index (χ3v) is 3.02. The van der Waals surface area contributed by atoms with E-state index >= 15 is 0 Å². The summed E-state index contributed by atoms with van der Waals surface area (Å²) in [4.78, 5) is 5.86. The maximum Gasteiger partial charge on any atom is 0.183 e. The third-order valence-electron chi connectivity index (χ3n) is 3.02. The standard InChI is InChI=1S/C13H16F2N4O/c1-17-13(9(14)4-16)11-3-12(10(15)5-18-11)20-8-6-19(2)7-8/h3-5,8,16-17H,6-7H2,1-2H3/b13-9+,16-4?. The molecule has 108 valence electrons. The summed E-state index contributed by atoms with van der Waals surface area (Å²) in [7, 11) is 3.44. The number of halogens is 2. The van der Waals surface area contributed by atoms with Gasteiger partial charge in [0.2, 0.25) is 0 Å². The summed E-state index contributed by atoms with van der Waals surface area (Å²) in [6.45, 7) is 1.45. The molecule has 0 radical (unpaired) electrons. The Morgan fingerprint density at radius 3 is 2.85 bits per heavy atom. The fourth-order valence-electron chi connectivity index (χ4n) is 1.99. The van der Waals surface area contributed by atoms with Gasteiger partial charge in [-0.2, -0.15) is 0 Å². The quantitative estimate of drug-likeness (QED) is 0.802. The Morgan fingerprint density at radius 2 is 2.30 bits per heavy atom. The van der Waals surface area contributed by atoms with Crippen LogP contribution in [0.25, 0.3) is 5.70 Å². The zero-order valence-electron chi connectivity index (χ0n) is 11.3. The lowest BCUT2D eigenvalue weighted by Gasteiger charge is -2.36. The van der Waals surface area contributed by atoms with Crippen molar-refractivity contribution in [1.82, 2.24) is 15.2 Å². The van der Waals surface area contributed by atoms with Gasteiger partial charge in [0.15, 0.2) is 17.4 Å². The van der Waals surface area contributed by atoms with E-state index < -0.39 is 11.6 Å². The number of likely N-dealkylation sites (tertiary alicyclic amines) is 1. The highest BCUT2D eigenvalue weighted by Gasteiger charge is 2.26. The van der Waals surface area contributed by atoms with Crippen molar-refractivity contribution >= 4 is 11.9 Å². The van der Waals surface area contributed by atoms with Gasteiger partial charge in [-0.25, -0.2) is 8.78 Å². The fraction of sp³-hybridized carbons (Fsp3) is 0.385. The summed E-state index contributed by atoms with van der Waals surface area (Å²) >= 11 is 0. The number of nitrogens with zero attached hydrogens (tertiary/aromatic N) is 2. The highest BCUT2D eigenvalue weighted by atomic mass is 19.1. The maximum atomic E-state index is 13.7. The molecule has 0 aliphatic carbocycles. The molecule has 2 heterocycles. The molecule has 0 unspecified atom stereocenters. The minimum absolute atomic E-state index is 0.0237. The lowest BCUT2D eigenvalue weighted by atomic mass is 10.2. The molecule has 1 aromatic heterocycles. The summed E-state index contributed by atoms with van der Waals surface area (Å²) in [6, 6.07) is 1.34. The Morgan fingerprint density at radius 1 is 1.60 bits per heavy atom. The summed E-state index contributed by atoms with van der Waals surface area (Å²) < 4.78 is 32.7. The van der Waals surface area contributed by atoms with Gasteiger partial charge in [0.05, 0.1) is 23.8 Å². The lowest BCUT2D eigenvalue weighted by molar-refractivity contribution is 0.0359. The minimum atomic E-state index is -0.777. The van der Waals surface area contributed by atoms with E-state index in [-0.39, 0.29) is 23.2 Å². The first kappa shape index (κ1) is 14.4. The second-order valence-electron chi connectivity index (χ2n) is 4.58. The van der Waals surface area contributed by atoms with Crippen LogP contribution in [0.15, 0.2) is 18.1 Å². The van der Waals surface area contributed by atoms with Crippen molar-refractivity contribution in [3.05, 3.63) is 29.6 Å². The van der Waals surface area contributed by atoms with Crippen LogP contribution in [-0.2, 0) is 0 Å². The molecule has 1 saturated heterocycles. The lowest BCUT2D eigenvalue weighted by Crippen LogP contribution is -2.51. The Balaban J connectivity index is 2.26. The summed E-state index contributed by atoms with van der Waals surface area (Å²) in [5, 5.41) is 9.53. The number of allylic oxidation sites excluding steroid dienone is 1. The van der Waals surface area contributed by atoms with Gasteiger partial charge in [0, 0.05) is 26.2 Å². The molecule has 0 bridgehead atoms. The van der Waals surface area contributed by atoms with E-state index in [0.717, 1.165) is 19.3 Å². The number of nitrogens with one attached hydrogen (secondary N) is 2. The van der Waals surface area contributed by atoms with Crippen LogP contribution in [-0.4, -0.2) is 49.4 Å². The Bertz CT molecular complexity index is 541. The maximum absolute atomic E-state index is 13.7. The Kier molecular flexibility index (Phi) is 4.29. The number of pyridine rings is 1. The van der Waals surface area contributed by atoms with Gasteiger partial charge in [-0.1, -0.05) is 0 Å². The van der Waals surface area contributed by atoms with Gasteiger partial charge in [0.1, 0.15) is 6.10 Å². The molecule has 0 spiro atoms. The number of aromatic nitrogens is 1. The molecule has 1 aliphatic rings.